The van der Waals surface area contributed by atoms with Crippen LogP contribution in [0.2, 0.25) is 0 Å². The van der Waals surface area contributed by atoms with Crippen molar-refractivity contribution in [1.29, 1.82) is 0 Å². The maximum Gasteiger partial charge on any atom is 0.317 e. The van der Waals surface area contributed by atoms with E-state index < -0.39 is 5.97 Å². The molecule has 0 bridgehead atoms. The largest absolute Gasteiger partial charge is 0.480 e. The molecular formula is C11H20N4O2. The van der Waals surface area contributed by atoms with E-state index >= 15 is 0 Å². The van der Waals surface area contributed by atoms with Gasteiger partial charge in [0.15, 0.2) is 0 Å². The zero-order chi connectivity index (χ0) is 13.1. The summed E-state index contributed by atoms with van der Waals surface area (Å²) in [5.41, 5.74) is -0.219. The Hall–Kier alpha value is -1.43. The number of nitrogens with zero attached hydrogens (tertiary/aromatic N) is 4. The summed E-state index contributed by atoms with van der Waals surface area (Å²) in [6.45, 7) is 9.18. The zero-order valence-corrected chi connectivity index (χ0v) is 10.8. The molecule has 1 aromatic rings. The Balaban J connectivity index is 2.83. The lowest BCUT2D eigenvalue weighted by Gasteiger charge is -2.33. The van der Waals surface area contributed by atoms with E-state index in [1.165, 1.54) is 6.33 Å². The number of carbonyl (C=O) groups is 1. The minimum absolute atomic E-state index is 0.0000737. The molecule has 1 rings (SSSR count). The molecule has 0 spiro atoms. The van der Waals surface area contributed by atoms with Gasteiger partial charge < -0.3 is 5.11 Å². The fraction of sp³-hybridized carbons (Fsp3) is 0.727. The van der Waals surface area contributed by atoms with Gasteiger partial charge in [-0.1, -0.05) is 0 Å². The van der Waals surface area contributed by atoms with Crippen LogP contribution in [-0.4, -0.2) is 42.8 Å². The van der Waals surface area contributed by atoms with Crippen molar-refractivity contribution in [2.45, 2.75) is 46.3 Å². The molecule has 0 amide bonds. The van der Waals surface area contributed by atoms with Crippen LogP contribution in [0, 0.1) is 0 Å². The lowest BCUT2D eigenvalue weighted by atomic mass is 10.1. The normalized spacial score (nSPS) is 12.1. The second-order valence-electron chi connectivity index (χ2n) is 4.91. The number of rotatable bonds is 5. The molecule has 0 aromatic carbocycles. The molecule has 0 radical (unpaired) electrons. The van der Waals surface area contributed by atoms with Gasteiger partial charge in [-0.25, -0.2) is 9.67 Å². The molecule has 0 saturated heterocycles. The van der Waals surface area contributed by atoms with Gasteiger partial charge in [0.25, 0.3) is 0 Å². The van der Waals surface area contributed by atoms with Gasteiger partial charge in [-0.2, -0.15) is 5.10 Å². The summed E-state index contributed by atoms with van der Waals surface area (Å²) in [6, 6.07) is 0. The van der Waals surface area contributed by atoms with E-state index in [4.69, 9.17) is 5.11 Å². The summed E-state index contributed by atoms with van der Waals surface area (Å²) in [7, 11) is 0. The number of aromatic nitrogens is 3. The van der Waals surface area contributed by atoms with Crippen molar-refractivity contribution in [3.63, 3.8) is 0 Å². The zero-order valence-electron chi connectivity index (χ0n) is 10.8. The predicted octanol–water partition coefficient (Wildman–Crippen LogP) is 0.983. The number of carboxylic acid groups (broad SMARTS) is 1. The summed E-state index contributed by atoms with van der Waals surface area (Å²) >= 11 is 0. The van der Waals surface area contributed by atoms with Crippen LogP contribution in [0.4, 0.5) is 0 Å². The lowest BCUT2D eigenvalue weighted by molar-refractivity contribution is -0.140. The first-order valence-electron chi connectivity index (χ1n) is 5.68. The third-order valence-corrected chi connectivity index (χ3v) is 2.60. The fourth-order valence-corrected chi connectivity index (χ4v) is 1.54. The Morgan fingerprint density at radius 2 is 2.18 bits per heavy atom. The topological polar surface area (TPSA) is 71.2 Å². The van der Waals surface area contributed by atoms with Crippen molar-refractivity contribution in [2.24, 2.45) is 0 Å². The Labute approximate surface area is 101 Å². The molecule has 0 atom stereocenters. The van der Waals surface area contributed by atoms with Crippen LogP contribution in [0.5, 0.6) is 0 Å². The van der Waals surface area contributed by atoms with Crippen LogP contribution in [0.3, 0.4) is 0 Å². The molecule has 1 N–H and O–H groups in total. The standard InChI is InChI=1S/C11H20N4O2/c1-5-15-9(12-8-13-15)6-14(7-10(16)17)11(2,3)4/h8H,5-7H2,1-4H3,(H,16,17). The molecule has 1 aromatic heterocycles. The van der Waals surface area contributed by atoms with Crippen LogP contribution >= 0.6 is 0 Å². The molecule has 6 heteroatoms. The minimum atomic E-state index is -0.831. The molecule has 96 valence electrons. The number of carboxylic acids is 1. The van der Waals surface area contributed by atoms with Crippen LogP contribution in [0.25, 0.3) is 0 Å². The van der Waals surface area contributed by atoms with E-state index in [-0.39, 0.29) is 12.1 Å². The predicted molar refractivity (Wildman–Crippen MR) is 63.5 cm³/mol. The van der Waals surface area contributed by atoms with Crippen molar-refractivity contribution < 1.29 is 9.90 Å². The van der Waals surface area contributed by atoms with Crippen LogP contribution < -0.4 is 0 Å². The Morgan fingerprint density at radius 1 is 1.53 bits per heavy atom. The molecule has 0 unspecified atom stereocenters. The fourth-order valence-electron chi connectivity index (χ4n) is 1.54. The van der Waals surface area contributed by atoms with Gasteiger partial charge in [-0.3, -0.25) is 9.69 Å². The van der Waals surface area contributed by atoms with E-state index in [0.29, 0.717) is 6.54 Å². The maximum atomic E-state index is 10.9. The third kappa shape index (κ3) is 3.81. The van der Waals surface area contributed by atoms with E-state index in [1.807, 2.05) is 32.6 Å². The molecule has 0 saturated carbocycles. The second-order valence-corrected chi connectivity index (χ2v) is 4.91. The van der Waals surface area contributed by atoms with Crippen molar-refractivity contribution in [3.8, 4) is 0 Å². The highest BCUT2D eigenvalue weighted by Crippen LogP contribution is 2.15. The number of hydrogen-bond acceptors (Lipinski definition) is 4. The van der Waals surface area contributed by atoms with Crippen molar-refractivity contribution in [2.75, 3.05) is 6.54 Å². The first kappa shape index (κ1) is 13.6. The maximum absolute atomic E-state index is 10.9. The smallest absolute Gasteiger partial charge is 0.317 e. The highest BCUT2D eigenvalue weighted by molar-refractivity contribution is 5.69. The van der Waals surface area contributed by atoms with Gasteiger partial charge in [0.2, 0.25) is 0 Å². The van der Waals surface area contributed by atoms with Crippen LogP contribution in [0.15, 0.2) is 6.33 Å². The molecule has 1 heterocycles. The van der Waals surface area contributed by atoms with E-state index in [1.54, 1.807) is 4.68 Å². The molecule has 0 aliphatic heterocycles. The summed E-state index contributed by atoms with van der Waals surface area (Å²) < 4.78 is 1.78. The lowest BCUT2D eigenvalue weighted by Crippen LogP contribution is -2.44. The molecule has 0 fully saturated rings. The molecule has 0 aliphatic carbocycles. The van der Waals surface area contributed by atoms with Gasteiger partial charge in [0, 0.05) is 12.1 Å². The highest BCUT2D eigenvalue weighted by atomic mass is 16.4. The van der Waals surface area contributed by atoms with Gasteiger partial charge >= 0.3 is 5.97 Å². The SMILES string of the molecule is CCn1ncnc1CN(CC(=O)O)C(C)(C)C. The van der Waals surface area contributed by atoms with Gasteiger partial charge in [0.05, 0.1) is 13.1 Å². The number of aryl methyl sites for hydroxylation is 1. The molecule has 6 nitrogen and oxygen atoms in total. The van der Waals surface area contributed by atoms with E-state index in [0.717, 1.165) is 12.4 Å². The monoisotopic (exact) mass is 240 g/mol. The minimum Gasteiger partial charge on any atom is -0.480 e. The first-order chi connectivity index (χ1) is 7.84. The quantitative estimate of drug-likeness (QED) is 0.830. The summed E-state index contributed by atoms with van der Waals surface area (Å²) in [5, 5.41) is 13.0. The summed E-state index contributed by atoms with van der Waals surface area (Å²) in [6.07, 6.45) is 1.50. The van der Waals surface area contributed by atoms with Crippen LogP contribution in [0.1, 0.15) is 33.5 Å². The van der Waals surface area contributed by atoms with Crippen LogP contribution in [-0.2, 0) is 17.9 Å². The van der Waals surface area contributed by atoms with Gasteiger partial charge in [-0.15, -0.1) is 0 Å². The second kappa shape index (κ2) is 5.27. The average Bonchev–Trinajstić information content (AvgIpc) is 2.62. The highest BCUT2D eigenvalue weighted by Gasteiger charge is 2.25. The number of aliphatic carboxylic acids is 1. The van der Waals surface area contributed by atoms with Crippen molar-refractivity contribution in [1.82, 2.24) is 19.7 Å². The molecular weight excluding hydrogens is 220 g/mol. The van der Waals surface area contributed by atoms with E-state index in [2.05, 4.69) is 10.1 Å². The summed E-state index contributed by atoms with van der Waals surface area (Å²) in [5.74, 6) is -0.0360. The molecule has 17 heavy (non-hydrogen) atoms. The Bertz CT molecular complexity index is 381. The van der Waals surface area contributed by atoms with Crippen molar-refractivity contribution >= 4 is 5.97 Å². The molecule has 0 aliphatic rings. The first-order valence-corrected chi connectivity index (χ1v) is 5.68. The van der Waals surface area contributed by atoms with E-state index in [9.17, 15) is 4.79 Å². The number of hydrogen-bond donors (Lipinski definition) is 1. The Kier molecular flexibility index (Phi) is 4.22. The van der Waals surface area contributed by atoms with Crippen molar-refractivity contribution in [3.05, 3.63) is 12.2 Å². The van der Waals surface area contributed by atoms with Gasteiger partial charge in [-0.05, 0) is 27.7 Å². The Morgan fingerprint density at radius 3 is 2.65 bits per heavy atom. The van der Waals surface area contributed by atoms with Gasteiger partial charge in [0.1, 0.15) is 12.2 Å². The average molecular weight is 240 g/mol. The third-order valence-electron chi connectivity index (χ3n) is 2.60. The summed E-state index contributed by atoms with van der Waals surface area (Å²) in [4.78, 5) is 16.9.